The van der Waals surface area contributed by atoms with Crippen LogP contribution in [0.2, 0.25) is 0 Å². The second-order valence-electron chi connectivity index (χ2n) is 7.71. The summed E-state index contributed by atoms with van der Waals surface area (Å²) in [5, 5.41) is 15.2. The lowest BCUT2D eigenvalue weighted by atomic mass is 9.95. The lowest BCUT2D eigenvalue weighted by molar-refractivity contribution is -0.122. The fourth-order valence-corrected chi connectivity index (χ4v) is 4.83. The van der Waals surface area contributed by atoms with E-state index >= 15 is 0 Å². The van der Waals surface area contributed by atoms with E-state index in [0.29, 0.717) is 6.54 Å². The van der Waals surface area contributed by atoms with Crippen LogP contribution in [0.5, 0.6) is 0 Å². The van der Waals surface area contributed by atoms with Crippen LogP contribution in [0, 0.1) is 5.92 Å². The molecule has 0 aliphatic carbocycles. The number of fused-ring (bicyclic) bond motifs is 1. The minimum atomic E-state index is -0.0473. The number of piperidine rings is 1. The van der Waals surface area contributed by atoms with Gasteiger partial charge in [0, 0.05) is 36.5 Å². The second kappa shape index (κ2) is 8.88. The molecule has 32 heavy (non-hydrogen) atoms. The molecule has 0 atom stereocenters. The molecule has 0 saturated carbocycles. The Balaban J connectivity index is 1.28. The van der Waals surface area contributed by atoms with Crippen molar-refractivity contribution < 1.29 is 4.79 Å². The van der Waals surface area contributed by atoms with Gasteiger partial charge >= 0.3 is 0 Å². The number of anilines is 2. The van der Waals surface area contributed by atoms with Crippen LogP contribution in [0.1, 0.15) is 12.8 Å². The van der Waals surface area contributed by atoms with Gasteiger partial charge in [-0.25, -0.2) is 4.98 Å². The molecule has 1 aliphatic heterocycles. The zero-order valence-electron chi connectivity index (χ0n) is 17.5. The molecule has 9 heteroatoms. The molecule has 8 nitrogen and oxygen atoms in total. The molecule has 1 aromatic carbocycles. The molecule has 0 unspecified atom stereocenters. The van der Waals surface area contributed by atoms with Crippen molar-refractivity contribution in [2.24, 2.45) is 5.92 Å². The van der Waals surface area contributed by atoms with Crippen LogP contribution >= 0.6 is 11.3 Å². The molecule has 162 valence electrons. The number of hydrogen-bond acceptors (Lipinski definition) is 7. The first-order chi connectivity index (χ1) is 15.7. The van der Waals surface area contributed by atoms with Gasteiger partial charge in [-0.2, -0.15) is 4.52 Å². The maximum absolute atomic E-state index is 13.4. The third-order valence-electron chi connectivity index (χ3n) is 5.69. The van der Waals surface area contributed by atoms with Crippen molar-refractivity contribution in [3.63, 3.8) is 0 Å². The summed E-state index contributed by atoms with van der Waals surface area (Å²) in [5.74, 6) is 0.938. The average Bonchev–Trinajstić information content (AvgIpc) is 3.52. The summed E-state index contributed by atoms with van der Waals surface area (Å²) in [6.07, 6.45) is 4.89. The largest absolute Gasteiger partial charge is 0.355 e. The number of amides is 1. The highest BCUT2D eigenvalue weighted by atomic mass is 32.1. The third-order valence-corrected chi connectivity index (χ3v) is 6.55. The Morgan fingerprint density at radius 2 is 2.00 bits per heavy atom. The molecular formula is C23H23N7OS. The SMILES string of the molecule is C=CCN(C(=O)C1CCN(c2ccc3nncn3n2)CC1)c1nc(-c2ccccc2)cs1. The van der Waals surface area contributed by atoms with E-state index < -0.39 is 0 Å². The first-order valence-electron chi connectivity index (χ1n) is 10.6. The molecule has 1 fully saturated rings. The first-order valence-corrected chi connectivity index (χ1v) is 11.5. The van der Waals surface area contributed by atoms with Crippen LogP contribution in [0.25, 0.3) is 16.9 Å². The van der Waals surface area contributed by atoms with Gasteiger partial charge in [0.1, 0.15) is 12.1 Å². The molecule has 4 heterocycles. The maximum atomic E-state index is 13.4. The predicted octanol–water partition coefficient (Wildman–Crippen LogP) is 3.68. The third kappa shape index (κ3) is 3.99. The van der Waals surface area contributed by atoms with Gasteiger partial charge in [0.05, 0.1) is 5.69 Å². The second-order valence-corrected chi connectivity index (χ2v) is 8.54. The molecule has 0 N–H and O–H groups in total. The van der Waals surface area contributed by atoms with Gasteiger partial charge in [-0.05, 0) is 25.0 Å². The van der Waals surface area contributed by atoms with Gasteiger partial charge in [-0.3, -0.25) is 9.69 Å². The average molecular weight is 446 g/mol. The van der Waals surface area contributed by atoms with Gasteiger partial charge in [-0.1, -0.05) is 36.4 Å². The van der Waals surface area contributed by atoms with Gasteiger partial charge in [0.2, 0.25) is 5.91 Å². The fraction of sp³-hybridized carbons (Fsp3) is 0.261. The highest BCUT2D eigenvalue weighted by molar-refractivity contribution is 7.14. The summed E-state index contributed by atoms with van der Waals surface area (Å²) >= 11 is 1.50. The highest BCUT2D eigenvalue weighted by Crippen LogP contribution is 2.30. The minimum absolute atomic E-state index is 0.0473. The number of carbonyl (C=O) groups is 1. The van der Waals surface area contributed by atoms with Crippen molar-refractivity contribution in [2.75, 3.05) is 29.4 Å². The molecule has 0 radical (unpaired) electrons. The molecule has 0 spiro atoms. The molecule has 0 bridgehead atoms. The Kier molecular flexibility index (Phi) is 5.64. The minimum Gasteiger partial charge on any atom is -0.355 e. The summed E-state index contributed by atoms with van der Waals surface area (Å²) in [7, 11) is 0. The molecule has 3 aromatic heterocycles. The number of nitrogens with zero attached hydrogens (tertiary/aromatic N) is 7. The van der Waals surface area contributed by atoms with Crippen molar-refractivity contribution >= 4 is 33.8 Å². The van der Waals surface area contributed by atoms with E-state index in [1.54, 1.807) is 21.8 Å². The normalized spacial score (nSPS) is 14.6. The smallest absolute Gasteiger partial charge is 0.232 e. The molecule has 1 saturated heterocycles. The van der Waals surface area contributed by atoms with Crippen LogP contribution in [-0.4, -0.2) is 50.3 Å². The van der Waals surface area contributed by atoms with Gasteiger partial charge < -0.3 is 4.90 Å². The summed E-state index contributed by atoms with van der Waals surface area (Å²) in [6, 6.07) is 13.9. The monoisotopic (exact) mass is 445 g/mol. The zero-order chi connectivity index (χ0) is 21.9. The number of rotatable bonds is 6. The summed E-state index contributed by atoms with van der Waals surface area (Å²) in [4.78, 5) is 22.1. The van der Waals surface area contributed by atoms with E-state index in [2.05, 4.69) is 26.8 Å². The molecule has 1 aliphatic rings. The standard InChI is InChI=1S/C23H23N7OS/c1-2-12-29(23-25-19(15-32-23)17-6-4-3-5-7-17)22(31)18-10-13-28(14-11-18)21-9-8-20-26-24-16-30(20)27-21/h2-9,15-16,18H,1,10-14H2. The topological polar surface area (TPSA) is 79.5 Å². The molecule has 1 amide bonds. The van der Waals surface area contributed by atoms with E-state index in [1.165, 1.54) is 11.3 Å². The predicted molar refractivity (Wildman–Crippen MR) is 126 cm³/mol. The van der Waals surface area contributed by atoms with E-state index in [9.17, 15) is 4.79 Å². The van der Waals surface area contributed by atoms with Crippen LogP contribution in [0.3, 0.4) is 0 Å². The van der Waals surface area contributed by atoms with Crippen molar-refractivity contribution in [3.8, 4) is 11.3 Å². The Labute approximate surface area is 189 Å². The summed E-state index contributed by atoms with van der Waals surface area (Å²) < 4.78 is 1.67. The van der Waals surface area contributed by atoms with Crippen molar-refractivity contribution in [2.45, 2.75) is 12.8 Å². The molecule has 4 aromatic rings. The number of thiazole rings is 1. The summed E-state index contributed by atoms with van der Waals surface area (Å²) in [6.45, 7) is 5.84. The zero-order valence-corrected chi connectivity index (χ0v) is 18.4. The Morgan fingerprint density at radius 1 is 1.19 bits per heavy atom. The van der Waals surface area contributed by atoms with Gasteiger partial charge in [0.15, 0.2) is 10.8 Å². The van der Waals surface area contributed by atoms with E-state index in [0.717, 1.165) is 53.8 Å². The van der Waals surface area contributed by atoms with Crippen LogP contribution < -0.4 is 9.80 Å². The Hall–Kier alpha value is -3.59. The number of aromatic nitrogens is 5. The van der Waals surface area contributed by atoms with E-state index in [1.807, 2.05) is 47.8 Å². The quantitative estimate of drug-likeness (QED) is 0.421. The Bertz CT molecular complexity index is 1230. The lowest BCUT2D eigenvalue weighted by Gasteiger charge is -2.33. The maximum Gasteiger partial charge on any atom is 0.232 e. The van der Waals surface area contributed by atoms with Crippen molar-refractivity contribution in [3.05, 3.63) is 66.8 Å². The van der Waals surface area contributed by atoms with Crippen LogP contribution in [0.15, 0.2) is 66.8 Å². The molecule has 5 rings (SSSR count). The van der Waals surface area contributed by atoms with Crippen LogP contribution in [0.4, 0.5) is 10.9 Å². The summed E-state index contributed by atoms with van der Waals surface area (Å²) in [5.41, 5.74) is 2.65. The van der Waals surface area contributed by atoms with Crippen molar-refractivity contribution in [1.82, 2.24) is 24.8 Å². The molecular weight excluding hydrogens is 422 g/mol. The van der Waals surface area contributed by atoms with Gasteiger partial charge in [-0.15, -0.1) is 33.2 Å². The highest BCUT2D eigenvalue weighted by Gasteiger charge is 2.30. The van der Waals surface area contributed by atoms with E-state index in [4.69, 9.17) is 4.98 Å². The van der Waals surface area contributed by atoms with Gasteiger partial charge in [0.25, 0.3) is 0 Å². The number of benzene rings is 1. The number of hydrogen-bond donors (Lipinski definition) is 0. The first kappa shape index (κ1) is 20.3. The lowest BCUT2D eigenvalue weighted by Crippen LogP contribution is -2.43. The van der Waals surface area contributed by atoms with E-state index in [-0.39, 0.29) is 11.8 Å². The Morgan fingerprint density at radius 3 is 2.78 bits per heavy atom. The number of carbonyl (C=O) groups excluding carboxylic acids is 1. The fourth-order valence-electron chi connectivity index (χ4n) is 3.98. The van der Waals surface area contributed by atoms with Crippen molar-refractivity contribution in [1.29, 1.82) is 0 Å². The van der Waals surface area contributed by atoms with Crippen LogP contribution in [-0.2, 0) is 4.79 Å².